The molecule has 49 heavy (non-hydrogen) atoms. The number of hydrogen-bond acceptors (Lipinski definition) is 1. The SMILES string of the molecule is CCCCCCCCCc1cc(Oc2ccccc2)c(CCCCCCCCC)c(CCCCCCCCC)c1CCCCCCCCC. The zero-order valence-corrected chi connectivity index (χ0v) is 33.5. The van der Waals surface area contributed by atoms with Crippen molar-refractivity contribution in [2.45, 2.75) is 233 Å². The fourth-order valence-electron chi connectivity index (χ4n) is 7.72. The third kappa shape index (κ3) is 20.6. The molecular weight excluding hydrogens is 593 g/mol. The molecule has 0 aliphatic heterocycles. The highest BCUT2D eigenvalue weighted by molar-refractivity contribution is 5.52. The van der Waals surface area contributed by atoms with E-state index in [1.165, 1.54) is 211 Å². The Morgan fingerprint density at radius 2 is 0.694 bits per heavy atom. The van der Waals surface area contributed by atoms with Crippen LogP contribution < -0.4 is 4.74 Å². The van der Waals surface area contributed by atoms with Gasteiger partial charge in [0.25, 0.3) is 0 Å². The van der Waals surface area contributed by atoms with Crippen LogP contribution in [0, 0.1) is 0 Å². The van der Waals surface area contributed by atoms with E-state index in [1.807, 2.05) is 0 Å². The molecular formula is C48H82O. The van der Waals surface area contributed by atoms with Gasteiger partial charge in [-0.2, -0.15) is 0 Å². The Morgan fingerprint density at radius 3 is 1.12 bits per heavy atom. The summed E-state index contributed by atoms with van der Waals surface area (Å²) in [5.74, 6) is 2.17. The normalized spacial score (nSPS) is 11.4. The van der Waals surface area contributed by atoms with Crippen molar-refractivity contribution in [2.24, 2.45) is 0 Å². The predicted octanol–water partition coefficient (Wildman–Crippen LogP) is 16.7. The van der Waals surface area contributed by atoms with E-state index in [2.05, 4.69) is 64.1 Å². The molecule has 2 aromatic carbocycles. The van der Waals surface area contributed by atoms with Crippen molar-refractivity contribution < 1.29 is 4.74 Å². The molecule has 0 bridgehead atoms. The summed E-state index contributed by atoms with van der Waals surface area (Å²) < 4.78 is 6.88. The number of hydrogen-bond donors (Lipinski definition) is 0. The van der Waals surface area contributed by atoms with E-state index in [4.69, 9.17) is 4.74 Å². The first kappa shape index (κ1) is 43.4. The number of rotatable bonds is 34. The van der Waals surface area contributed by atoms with E-state index in [0.717, 1.165) is 5.75 Å². The monoisotopic (exact) mass is 675 g/mol. The molecule has 0 unspecified atom stereocenters. The fraction of sp³-hybridized carbons (Fsp3) is 0.750. The summed E-state index contributed by atoms with van der Waals surface area (Å²) in [6.45, 7) is 9.30. The van der Waals surface area contributed by atoms with E-state index in [1.54, 1.807) is 22.3 Å². The van der Waals surface area contributed by atoms with Gasteiger partial charge in [-0.05, 0) is 91.8 Å². The van der Waals surface area contributed by atoms with Gasteiger partial charge in [-0.3, -0.25) is 0 Å². The Balaban J connectivity index is 2.37. The molecule has 0 saturated heterocycles. The molecule has 0 fully saturated rings. The van der Waals surface area contributed by atoms with E-state index >= 15 is 0 Å². The van der Waals surface area contributed by atoms with Gasteiger partial charge in [0.2, 0.25) is 0 Å². The maximum absolute atomic E-state index is 6.88. The summed E-state index contributed by atoms with van der Waals surface area (Å²) in [5, 5.41) is 0. The first-order valence-electron chi connectivity index (χ1n) is 22.1. The molecule has 0 aromatic heterocycles. The Hall–Kier alpha value is -1.76. The second-order valence-electron chi connectivity index (χ2n) is 15.4. The van der Waals surface area contributed by atoms with Gasteiger partial charge < -0.3 is 4.74 Å². The van der Waals surface area contributed by atoms with Crippen LogP contribution in [0.3, 0.4) is 0 Å². The summed E-state index contributed by atoms with van der Waals surface area (Å²) >= 11 is 0. The lowest BCUT2D eigenvalue weighted by atomic mass is 9.84. The first-order valence-corrected chi connectivity index (χ1v) is 22.1. The molecule has 2 aromatic rings. The van der Waals surface area contributed by atoms with E-state index < -0.39 is 0 Å². The van der Waals surface area contributed by atoms with Crippen LogP contribution in [0.1, 0.15) is 230 Å². The molecule has 0 N–H and O–H groups in total. The molecule has 0 atom stereocenters. The Labute approximate surface area is 307 Å². The van der Waals surface area contributed by atoms with E-state index in [9.17, 15) is 0 Å². The van der Waals surface area contributed by atoms with Crippen molar-refractivity contribution in [3.63, 3.8) is 0 Å². The highest BCUT2D eigenvalue weighted by Gasteiger charge is 2.19. The minimum Gasteiger partial charge on any atom is -0.457 e. The van der Waals surface area contributed by atoms with Gasteiger partial charge in [0, 0.05) is 0 Å². The van der Waals surface area contributed by atoms with Crippen molar-refractivity contribution in [3.8, 4) is 11.5 Å². The van der Waals surface area contributed by atoms with Crippen LogP contribution in [0.2, 0.25) is 0 Å². The van der Waals surface area contributed by atoms with Gasteiger partial charge in [-0.1, -0.05) is 200 Å². The molecule has 0 saturated carbocycles. The maximum atomic E-state index is 6.88. The Bertz CT molecular complexity index is 1010. The molecule has 0 amide bonds. The molecule has 0 aliphatic rings. The second kappa shape index (κ2) is 31.0. The summed E-state index contributed by atoms with van der Waals surface area (Å²) in [5.41, 5.74) is 6.62. The smallest absolute Gasteiger partial charge is 0.131 e. The molecule has 0 spiro atoms. The summed E-state index contributed by atoms with van der Waals surface area (Å²) in [4.78, 5) is 0. The molecule has 2 rings (SSSR count). The van der Waals surface area contributed by atoms with Crippen LogP contribution >= 0.6 is 0 Å². The topological polar surface area (TPSA) is 9.23 Å². The average molecular weight is 675 g/mol. The molecule has 1 nitrogen and oxygen atoms in total. The standard InChI is InChI=1S/C48H82O/c1-5-9-13-17-21-25-30-36-43-42-48(49-44-37-31-29-32-38-44)47(41-35-28-24-20-16-12-8-4)46(40-34-27-23-19-15-11-7-3)45(43)39-33-26-22-18-14-10-6-2/h29,31-32,37-38,42H,5-28,30,33-36,39-41H2,1-4H3. The number of ether oxygens (including phenoxy) is 1. The fourth-order valence-corrected chi connectivity index (χ4v) is 7.72. The van der Waals surface area contributed by atoms with Crippen molar-refractivity contribution in [1.29, 1.82) is 0 Å². The zero-order chi connectivity index (χ0) is 35.0. The lowest BCUT2D eigenvalue weighted by Gasteiger charge is -2.24. The Kier molecular flexibility index (Phi) is 27.5. The highest BCUT2D eigenvalue weighted by atomic mass is 16.5. The molecule has 0 heterocycles. The molecule has 0 radical (unpaired) electrons. The van der Waals surface area contributed by atoms with Crippen LogP contribution in [-0.2, 0) is 25.7 Å². The van der Waals surface area contributed by atoms with Gasteiger partial charge >= 0.3 is 0 Å². The lowest BCUT2D eigenvalue weighted by molar-refractivity contribution is 0.470. The largest absolute Gasteiger partial charge is 0.457 e. The van der Waals surface area contributed by atoms with Gasteiger partial charge in [-0.25, -0.2) is 0 Å². The molecule has 1 heteroatoms. The van der Waals surface area contributed by atoms with Crippen molar-refractivity contribution >= 4 is 0 Å². The van der Waals surface area contributed by atoms with E-state index in [-0.39, 0.29) is 0 Å². The maximum Gasteiger partial charge on any atom is 0.131 e. The van der Waals surface area contributed by atoms with Crippen LogP contribution in [0.5, 0.6) is 11.5 Å². The third-order valence-corrected chi connectivity index (χ3v) is 10.8. The lowest BCUT2D eigenvalue weighted by Crippen LogP contribution is -2.09. The molecule has 280 valence electrons. The van der Waals surface area contributed by atoms with Crippen LogP contribution in [-0.4, -0.2) is 0 Å². The number of aryl methyl sites for hydroxylation is 1. The summed E-state index contributed by atoms with van der Waals surface area (Å²) in [7, 11) is 0. The zero-order valence-electron chi connectivity index (χ0n) is 33.5. The van der Waals surface area contributed by atoms with Gasteiger partial charge in [0.05, 0.1) is 0 Å². The van der Waals surface area contributed by atoms with Gasteiger partial charge in [0.1, 0.15) is 11.5 Å². The van der Waals surface area contributed by atoms with Gasteiger partial charge in [0.15, 0.2) is 0 Å². The van der Waals surface area contributed by atoms with Crippen molar-refractivity contribution in [1.82, 2.24) is 0 Å². The quantitative estimate of drug-likeness (QED) is 0.0671. The van der Waals surface area contributed by atoms with Crippen molar-refractivity contribution in [3.05, 3.63) is 58.7 Å². The van der Waals surface area contributed by atoms with Crippen LogP contribution in [0.25, 0.3) is 0 Å². The van der Waals surface area contributed by atoms with Crippen molar-refractivity contribution in [2.75, 3.05) is 0 Å². The average Bonchev–Trinajstić information content (AvgIpc) is 3.12. The summed E-state index contributed by atoms with van der Waals surface area (Å²) in [6, 6.07) is 13.2. The highest BCUT2D eigenvalue weighted by Crippen LogP contribution is 2.37. The first-order chi connectivity index (χ1) is 24.2. The number of unbranched alkanes of at least 4 members (excludes halogenated alkanes) is 24. The van der Waals surface area contributed by atoms with Crippen LogP contribution in [0.15, 0.2) is 36.4 Å². The van der Waals surface area contributed by atoms with E-state index in [0.29, 0.717) is 0 Å². The van der Waals surface area contributed by atoms with Crippen LogP contribution in [0.4, 0.5) is 0 Å². The predicted molar refractivity (Wildman–Crippen MR) is 220 cm³/mol. The number of para-hydroxylation sites is 1. The minimum absolute atomic E-state index is 0.992. The molecule has 0 aliphatic carbocycles. The Morgan fingerprint density at radius 1 is 0.347 bits per heavy atom. The third-order valence-electron chi connectivity index (χ3n) is 10.8. The van der Waals surface area contributed by atoms with Gasteiger partial charge in [-0.15, -0.1) is 0 Å². The number of benzene rings is 2. The minimum atomic E-state index is 0.992. The second-order valence-corrected chi connectivity index (χ2v) is 15.4. The summed E-state index contributed by atoms with van der Waals surface area (Å²) in [6.07, 6.45) is 43.3.